The summed E-state index contributed by atoms with van der Waals surface area (Å²) in [6.07, 6.45) is 3.86. The van der Waals surface area contributed by atoms with E-state index in [0.29, 0.717) is 12.4 Å². The summed E-state index contributed by atoms with van der Waals surface area (Å²) in [6.45, 7) is 2.15. The first-order valence-corrected chi connectivity index (χ1v) is 11.0. The molecule has 1 atom stereocenters. The molecule has 3 aromatic rings. The van der Waals surface area contributed by atoms with E-state index in [-0.39, 0.29) is 22.5 Å². The lowest BCUT2D eigenvalue weighted by Gasteiger charge is -2.31. The zero-order chi connectivity index (χ0) is 23.6. The molecule has 1 aliphatic rings. The molecule has 0 radical (unpaired) electrons. The fourth-order valence-electron chi connectivity index (χ4n) is 4.16. The molecule has 1 unspecified atom stereocenters. The van der Waals surface area contributed by atoms with Crippen molar-refractivity contribution in [1.82, 2.24) is 29.6 Å². The molecule has 2 heterocycles. The minimum Gasteiger partial charge on any atom is -0.328 e. The van der Waals surface area contributed by atoms with E-state index in [2.05, 4.69) is 20.1 Å². The van der Waals surface area contributed by atoms with Crippen LogP contribution in [0.15, 0.2) is 43.0 Å². The molecular weight excluding hydrogens is 457 g/mol. The largest absolute Gasteiger partial charge is 0.416 e. The van der Waals surface area contributed by atoms with Gasteiger partial charge in [-0.15, -0.1) is 0 Å². The van der Waals surface area contributed by atoms with E-state index in [4.69, 9.17) is 11.6 Å². The Labute approximate surface area is 193 Å². The van der Waals surface area contributed by atoms with Gasteiger partial charge in [0.1, 0.15) is 6.33 Å². The highest BCUT2D eigenvalue weighted by Crippen LogP contribution is 2.34. The molecule has 0 aliphatic heterocycles. The Morgan fingerprint density at radius 1 is 1.18 bits per heavy atom. The van der Waals surface area contributed by atoms with Gasteiger partial charge in [-0.1, -0.05) is 24.4 Å². The van der Waals surface area contributed by atoms with E-state index in [0.717, 1.165) is 37.8 Å². The molecule has 1 aromatic carbocycles. The Hall–Kier alpha value is -3.01. The summed E-state index contributed by atoms with van der Waals surface area (Å²) >= 11 is 5.95. The average molecular weight is 479 g/mol. The number of aromatic nitrogens is 5. The number of benzene rings is 1. The number of carbonyl (C=O) groups excluding carboxylic acids is 1. The normalized spacial score (nSPS) is 15.5. The highest BCUT2D eigenvalue weighted by atomic mass is 35.5. The van der Waals surface area contributed by atoms with Crippen LogP contribution in [-0.4, -0.2) is 42.1 Å². The molecular formula is C22H22ClF3N6O. The van der Waals surface area contributed by atoms with Gasteiger partial charge in [0.05, 0.1) is 11.6 Å². The molecule has 7 nitrogen and oxygen atoms in total. The Bertz CT molecular complexity index is 1110. The van der Waals surface area contributed by atoms with Crippen LogP contribution in [-0.2, 0) is 6.18 Å². The van der Waals surface area contributed by atoms with Crippen LogP contribution in [0.25, 0.3) is 5.95 Å². The Morgan fingerprint density at radius 3 is 2.55 bits per heavy atom. The summed E-state index contributed by atoms with van der Waals surface area (Å²) in [5, 5.41) is 4.04. The quantitative estimate of drug-likeness (QED) is 0.491. The Kier molecular flexibility index (Phi) is 6.64. The fourth-order valence-corrected chi connectivity index (χ4v) is 4.40. The lowest BCUT2D eigenvalue weighted by molar-refractivity contribution is -0.137. The highest BCUT2D eigenvalue weighted by Gasteiger charge is 2.34. The van der Waals surface area contributed by atoms with Crippen LogP contribution in [0.2, 0.25) is 5.02 Å². The van der Waals surface area contributed by atoms with Crippen LogP contribution in [0.5, 0.6) is 0 Å². The topological polar surface area (TPSA) is 76.8 Å². The smallest absolute Gasteiger partial charge is 0.328 e. The predicted octanol–water partition coefficient (Wildman–Crippen LogP) is 5.12. The average Bonchev–Trinajstić information content (AvgIpc) is 3.48. The molecule has 1 fully saturated rings. The number of nitrogens with zero attached hydrogens (tertiary/aromatic N) is 6. The number of alkyl halides is 3. The SMILES string of the molecule is CC(c1ncnn1-c1ncccn1)N(CC1CCCC1)C(=O)c1cc(Cl)cc(C(F)(F)F)c1. The summed E-state index contributed by atoms with van der Waals surface area (Å²) in [5.74, 6) is 0.394. The molecule has 11 heteroatoms. The number of rotatable bonds is 6. The fraction of sp³-hybridized carbons (Fsp3) is 0.409. The molecule has 0 N–H and O–H groups in total. The summed E-state index contributed by atoms with van der Waals surface area (Å²) < 4.78 is 41.5. The predicted molar refractivity (Wildman–Crippen MR) is 115 cm³/mol. The van der Waals surface area contributed by atoms with Gasteiger partial charge in [0, 0.05) is 29.5 Å². The molecule has 33 heavy (non-hydrogen) atoms. The number of halogens is 4. The van der Waals surface area contributed by atoms with Crippen molar-refractivity contribution in [2.24, 2.45) is 5.92 Å². The molecule has 0 saturated heterocycles. The van der Waals surface area contributed by atoms with E-state index in [1.807, 2.05) is 0 Å². The van der Waals surface area contributed by atoms with Gasteiger partial charge in [-0.2, -0.15) is 23.0 Å². The summed E-state index contributed by atoms with van der Waals surface area (Å²) in [5.41, 5.74) is -1.09. The van der Waals surface area contributed by atoms with Crippen LogP contribution in [0, 0.1) is 5.92 Å². The maximum Gasteiger partial charge on any atom is 0.416 e. The second kappa shape index (κ2) is 9.46. The summed E-state index contributed by atoms with van der Waals surface area (Å²) in [6, 6.07) is 3.98. The van der Waals surface area contributed by atoms with Crippen LogP contribution in [0.3, 0.4) is 0 Å². The molecule has 174 valence electrons. The minimum absolute atomic E-state index is 0.123. The number of hydrogen-bond acceptors (Lipinski definition) is 5. The van der Waals surface area contributed by atoms with Crippen LogP contribution < -0.4 is 0 Å². The van der Waals surface area contributed by atoms with Gasteiger partial charge in [0.25, 0.3) is 11.9 Å². The summed E-state index contributed by atoms with van der Waals surface area (Å²) in [7, 11) is 0. The molecule has 0 bridgehead atoms. The van der Waals surface area contributed by atoms with Gasteiger partial charge in [-0.25, -0.2) is 15.0 Å². The van der Waals surface area contributed by atoms with Gasteiger partial charge in [-0.05, 0) is 49.9 Å². The van der Waals surface area contributed by atoms with E-state index in [9.17, 15) is 18.0 Å². The minimum atomic E-state index is -4.62. The van der Waals surface area contributed by atoms with Crippen molar-refractivity contribution in [3.05, 3.63) is 65.0 Å². The Balaban J connectivity index is 1.72. The third-order valence-electron chi connectivity index (χ3n) is 5.82. The third-order valence-corrected chi connectivity index (χ3v) is 6.04. The van der Waals surface area contributed by atoms with E-state index < -0.39 is 23.7 Å². The maximum atomic E-state index is 13.6. The van der Waals surface area contributed by atoms with Gasteiger partial charge in [-0.3, -0.25) is 4.79 Å². The van der Waals surface area contributed by atoms with Crippen molar-refractivity contribution < 1.29 is 18.0 Å². The van der Waals surface area contributed by atoms with Crippen molar-refractivity contribution in [2.45, 2.75) is 44.8 Å². The van der Waals surface area contributed by atoms with E-state index in [1.165, 1.54) is 17.1 Å². The molecule has 1 saturated carbocycles. The van der Waals surface area contributed by atoms with Crippen LogP contribution >= 0.6 is 11.6 Å². The lowest BCUT2D eigenvalue weighted by atomic mass is 10.0. The summed E-state index contributed by atoms with van der Waals surface area (Å²) in [4.78, 5) is 27.8. The zero-order valence-electron chi connectivity index (χ0n) is 17.8. The Morgan fingerprint density at radius 2 is 1.88 bits per heavy atom. The van der Waals surface area contributed by atoms with Crippen molar-refractivity contribution in [3.63, 3.8) is 0 Å². The van der Waals surface area contributed by atoms with E-state index in [1.54, 1.807) is 30.3 Å². The second-order valence-electron chi connectivity index (χ2n) is 8.09. The number of carbonyl (C=O) groups is 1. The first-order valence-electron chi connectivity index (χ1n) is 10.6. The monoisotopic (exact) mass is 478 g/mol. The maximum absolute atomic E-state index is 13.6. The van der Waals surface area contributed by atoms with Gasteiger partial charge < -0.3 is 4.90 Å². The van der Waals surface area contributed by atoms with E-state index >= 15 is 0 Å². The lowest BCUT2D eigenvalue weighted by Crippen LogP contribution is -2.38. The third kappa shape index (κ3) is 5.16. The molecule has 0 spiro atoms. The molecule has 1 amide bonds. The standard InChI is InChI=1S/C22H22ClF3N6O/c1-14(19-29-13-30-32(19)21-27-7-4-8-28-21)31(12-15-5-2-3-6-15)20(33)16-9-17(22(24,25)26)11-18(23)10-16/h4,7-11,13-15H,2-3,5-6,12H2,1H3. The highest BCUT2D eigenvalue weighted by molar-refractivity contribution is 6.31. The van der Waals surface area contributed by atoms with Gasteiger partial charge >= 0.3 is 6.18 Å². The molecule has 4 rings (SSSR count). The van der Waals surface area contributed by atoms with Gasteiger partial charge in [0.2, 0.25) is 0 Å². The van der Waals surface area contributed by atoms with Crippen molar-refractivity contribution in [3.8, 4) is 5.95 Å². The zero-order valence-corrected chi connectivity index (χ0v) is 18.6. The van der Waals surface area contributed by atoms with Crippen molar-refractivity contribution >= 4 is 17.5 Å². The van der Waals surface area contributed by atoms with Crippen LogP contribution in [0.4, 0.5) is 13.2 Å². The molecule has 2 aromatic heterocycles. The first-order chi connectivity index (χ1) is 15.7. The van der Waals surface area contributed by atoms with Crippen molar-refractivity contribution in [2.75, 3.05) is 6.54 Å². The number of hydrogen-bond donors (Lipinski definition) is 0. The first kappa shape index (κ1) is 23.2. The van der Waals surface area contributed by atoms with Gasteiger partial charge in [0.15, 0.2) is 5.82 Å². The second-order valence-corrected chi connectivity index (χ2v) is 8.53. The van der Waals surface area contributed by atoms with Crippen LogP contribution in [0.1, 0.15) is 60.4 Å². The number of amides is 1. The molecule has 1 aliphatic carbocycles. The van der Waals surface area contributed by atoms with Crippen molar-refractivity contribution in [1.29, 1.82) is 0 Å².